The summed E-state index contributed by atoms with van der Waals surface area (Å²) in [5.74, 6) is 1.41. The molecule has 1 saturated heterocycles. The zero-order chi connectivity index (χ0) is 27.6. The Morgan fingerprint density at radius 2 is 2.00 bits per heavy atom. The third-order valence-electron chi connectivity index (χ3n) is 9.57. The fourth-order valence-corrected chi connectivity index (χ4v) is 10.1. The molecule has 2 bridgehead atoms. The number of sulfonamides is 1. The number of nitrogens with zero attached hydrogens (tertiary/aromatic N) is 2. The molecule has 2 aliphatic heterocycles. The summed E-state index contributed by atoms with van der Waals surface area (Å²) in [6, 6.07) is 13.0. The molecule has 39 heavy (non-hydrogen) atoms. The molecule has 0 unspecified atom stereocenters. The molecule has 6 rings (SSSR count). The van der Waals surface area contributed by atoms with Gasteiger partial charge in [-0.1, -0.05) is 56.3 Å². The Kier molecular flexibility index (Phi) is 6.61. The lowest BCUT2D eigenvalue weighted by atomic mass is 9.48. The van der Waals surface area contributed by atoms with E-state index in [2.05, 4.69) is 31.4 Å². The zero-order valence-corrected chi connectivity index (χ0v) is 24.0. The van der Waals surface area contributed by atoms with Crippen molar-refractivity contribution in [3.63, 3.8) is 0 Å². The number of ether oxygens (including phenoxy) is 2. The lowest BCUT2D eigenvalue weighted by Gasteiger charge is -2.64. The van der Waals surface area contributed by atoms with Crippen molar-refractivity contribution in [2.75, 3.05) is 26.7 Å². The van der Waals surface area contributed by atoms with Crippen LogP contribution in [0.4, 0.5) is 0 Å². The maximum absolute atomic E-state index is 14.1. The standard InChI is InChI=1S/C31H40N2O5S/c1-5-16-32-17-15-30-27-23-11-12-25(37-4)28(27)38-29(30)24(13-14-31(30,34)26(32)18-23)33(19-21(2)3)39(35,36)20-22-9-7-6-8-10-22/h5-12,21,24,26,29,34H,1,13-20H2,2-4H3/t24-,26-,29+,30+,31-/m1/s1. The van der Waals surface area contributed by atoms with Gasteiger partial charge in [0.2, 0.25) is 10.0 Å². The first-order chi connectivity index (χ1) is 18.7. The molecule has 5 atom stereocenters. The van der Waals surface area contributed by atoms with Gasteiger partial charge >= 0.3 is 0 Å². The number of hydrogen-bond donors (Lipinski definition) is 1. The molecule has 2 aromatic rings. The number of aliphatic hydroxyl groups is 1. The Bertz CT molecular complexity index is 1360. The van der Waals surface area contributed by atoms with Gasteiger partial charge in [0.25, 0.3) is 0 Å². The summed E-state index contributed by atoms with van der Waals surface area (Å²) in [6.45, 7) is 9.98. The number of hydrogen-bond acceptors (Lipinski definition) is 6. The molecule has 2 fully saturated rings. The molecule has 1 spiro atoms. The van der Waals surface area contributed by atoms with Crippen LogP contribution in [0.25, 0.3) is 0 Å². The van der Waals surface area contributed by atoms with E-state index in [0.717, 1.165) is 24.1 Å². The van der Waals surface area contributed by atoms with Crippen molar-refractivity contribution in [3.8, 4) is 11.5 Å². The lowest BCUT2D eigenvalue weighted by molar-refractivity contribution is -0.194. The van der Waals surface area contributed by atoms with Crippen LogP contribution < -0.4 is 9.47 Å². The van der Waals surface area contributed by atoms with Crippen LogP contribution in [0.3, 0.4) is 0 Å². The second-order valence-electron chi connectivity index (χ2n) is 12.1. The zero-order valence-electron chi connectivity index (χ0n) is 23.2. The van der Waals surface area contributed by atoms with Crippen LogP contribution in [-0.4, -0.2) is 73.3 Å². The van der Waals surface area contributed by atoms with Crippen molar-refractivity contribution in [1.82, 2.24) is 9.21 Å². The van der Waals surface area contributed by atoms with Gasteiger partial charge in [-0.3, -0.25) is 4.90 Å². The van der Waals surface area contributed by atoms with Crippen LogP contribution in [0.5, 0.6) is 11.5 Å². The summed E-state index contributed by atoms with van der Waals surface area (Å²) < 4.78 is 42.6. The Morgan fingerprint density at radius 3 is 2.69 bits per heavy atom. The Morgan fingerprint density at radius 1 is 1.23 bits per heavy atom. The first kappa shape index (κ1) is 26.8. The number of likely N-dealkylation sites (tertiary alicyclic amines) is 1. The number of rotatable bonds is 9. The van der Waals surface area contributed by atoms with E-state index >= 15 is 0 Å². The molecule has 2 aromatic carbocycles. The summed E-state index contributed by atoms with van der Waals surface area (Å²) in [5.41, 5.74) is 1.24. The van der Waals surface area contributed by atoms with E-state index in [9.17, 15) is 13.5 Å². The summed E-state index contributed by atoms with van der Waals surface area (Å²) in [7, 11) is -2.04. The van der Waals surface area contributed by atoms with Crippen LogP contribution in [0.1, 0.15) is 49.8 Å². The molecule has 8 heteroatoms. The van der Waals surface area contributed by atoms with Gasteiger partial charge in [-0.15, -0.1) is 6.58 Å². The van der Waals surface area contributed by atoms with Crippen molar-refractivity contribution in [1.29, 1.82) is 0 Å². The lowest BCUT2D eigenvalue weighted by Crippen LogP contribution is -2.78. The average Bonchev–Trinajstić information content (AvgIpc) is 3.25. The maximum atomic E-state index is 14.1. The predicted octanol–water partition coefficient (Wildman–Crippen LogP) is 3.89. The van der Waals surface area contributed by atoms with Gasteiger partial charge in [0.1, 0.15) is 6.10 Å². The van der Waals surface area contributed by atoms with E-state index in [0.29, 0.717) is 43.9 Å². The van der Waals surface area contributed by atoms with Crippen molar-refractivity contribution in [2.45, 2.75) is 74.5 Å². The highest BCUT2D eigenvalue weighted by atomic mass is 32.2. The van der Waals surface area contributed by atoms with Crippen molar-refractivity contribution < 1.29 is 23.0 Å². The largest absolute Gasteiger partial charge is 0.493 e. The topological polar surface area (TPSA) is 79.3 Å². The molecule has 0 amide bonds. The third kappa shape index (κ3) is 3.90. The fraction of sp³-hybridized carbons (Fsp3) is 0.548. The van der Waals surface area contributed by atoms with E-state index in [4.69, 9.17) is 9.47 Å². The van der Waals surface area contributed by atoms with Gasteiger partial charge in [0, 0.05) is 24.7 Å². The highest BCUT2D eigenvalue weighted by molar-refractivity contribution is 7.88. The smallest absolute Gasteiger partial charge is 0.218 e. The van der Waals surface area contributed by atoms with Gasteiger partial charge in [-0.2, -0.15) is 4.31 Å². The molecule has 210 valence electrons. The SMILES string of the molecule is C=CCN1CC[C@]23c4c5ccc(OC)c4O[C@H]2[C@H](N(CC(C)C)S(=O)(=O)Cc2ccccc2)CC[C@@]3(O)[C@H]1C5. The molecular formula is C31H40N2O5S. The number of methoxy groups -OCH3 is 1. The van der Waals surface area contributed by atoms with Crippen molar-refractivity contribution in [2.24, 2.45) is 5.92 Å². The van der Waals surface area contributed by atoms with Gasteiger partial charge in [-0.05, 0) is 55.3 Å². The van der Waals surface area contributed by atoms with Crippen LogP contribution in [0.2, 0.25) is 0 Å². The Hall–Kier alpha value is -2.39. The predicted molar refractivity (Wildman–Crippen MR) is 152 cm³/mol. The molecule has 1 N–H and O–H groups in total. The first-order valence-corrected chi connectivity index (χ1v) is 15.7. The molecule has 0 aromatic heterocycles. The summed E-state index contributed by atoms with van der Waals surface area (Å²) >= 11 is 0. The second kappa shape index (κ2) is 9.61. The van der Waals surface area contributed by atoms with E-state index in [1.807, 2.05) is 42.5 Å². The third-order valence-corrected chi connectivity index (χ3v) is 11.4. The van der Waals surface area contributed by atoms with Gasteiger partial charge in [-0.25, -0.2) is 8.42 Å². The molecule has 2 aliphatic carbocycles. The van der Waals surface area contributed by atoms with E-state index < -0.39 is 33.2 Å². The minimum absolute atomic E-state index is 0.0572. The monoisotopic (exact) mass is 552 g/mol. The normalized spacial score (nSPS) is 31.2. The highest BCUT2D eigenvalue weighted by Crippen LogP contribution is 2.66. The Labute approximate surface area is 232 Å². The van der Waals surface area contributed by atoms with E-state index in [-0.39, 0.29) is 17.7 Å². The van der Waals surface area contributed by atoms with E-state index in [1.54, 1.807) is 11.4 Å². The van der Waals surface area contributed by atoms with Gasteiger partial charge < -0.3 is 14.6 Å². The molecule has 0 radical (unpaired) electrons. The molecule has 1 saturated carbocycles. The van der Waals surface area contributed by atoms with Crippen LogP contribution in [0, 0.1) is 5.92 Å². The minimum atomic E-state index is -3.67. The maximum Gasteiger partial charge on any atom is 0.218 e. The summed E-state index contributed by atoms with van der Waals surface area (Å²) in [5, 5.41) is 12.7. The first-order valence-electron chi connectivity index (χ1n) is 14.1. The quantitative estimate of drug-likeness (QED) is 0.476. The molecule has 7 nitrogen and oxygen atoms in total. The molecule has 2 heterocycles. The van der Waals surface area contributed by atoms with Gasteiger partial charge in [0.15, 0.2) is 11.5 Å². The second-order valence-corrected chi connectivity index (χ2v) is 14.1. The van der Waals surface area contributed by atoms with Crippen molar-refractivity contribution in [3.05, 3.63) is 71.8 Å². The van der Waals surface area contributed by atoms with Crippen molar-refractivity contribution >= 4 is 10.0 Å². The number of benzene rings is 2. The minimum Gasteiger partial charge on any atom is -0.493 e. The summed E-state index contributed by atoms with van der Waals surface area (Å²) in [4.78, 5) is 2.35. The number of piperidine rings is 1. The van der Waals surface area contributed by atoms with Crippen LogP contribution in [0.15, 0.2) is 55.1 Å². The Balaban J connectivity index is 1.48. The summed E-state index contributed by atoms with van der Waals surface area (Å²) in [6.07, 6.45) is 3.87. The average molecular weight is 553 g/mol. The van der Waals surface area contributed by atoms with Crippen LogP contribution >= 0.6 is 0 Å². The van der Waals surface area contributed by atoms with Crippen LogP contribution in [-0.2, 0) is 27.6 Å². The fourth-order valence-electron chi connectivity index (χ4n) is 8.12. The molecular weight excluding hydrogens is 512 g/mol. The van der Waals surface area contributed by atoms with Gasteiger partial charge in [0.05, 0.1) is 29.9 Å². The highest BCUT2D eigenvalue weighted by Gasteiger charge is 2.73. The molecule has 4 aliphatic rings. The van der Waals surface area contributed by atoms with E-state index in [1.165, 1.54) is 5.56 Å².